The van der Waals surface area contributed by atoms with Gasteiger partial charge < -0.3 is 19.5 Å². The van der Waals surface area contributed by atoms with Crippen LogP contribution in [0.15, 0.2) is 72.8 Å². The van der Waals surface area contributed by atoms with E-state index in [0.29, 0.717) is 59.8 Å². The van der Waals surface area contributed by atoms with Gasteiger partial charge in [-0.25, -0.2) is 0 Å². The minimum atomic E-state index is -1.00. The maximum absolute atomic E-state index is 13.1. The molecule has 212 valence electrons. The first-order valence-corrected chi connectivity index (χ1v) is 14.7. The van der Waals surface area contributed by atoms with E-state index < -0.39 is 5.60 Å². The minimum Gasteiger partial charge on any atom is -0.493 e. The number of benzene rings is 3. The van der Waals surface area contributed by atoms with E-state index in [1.54, 1.807) is 23.1 Å². The van der Waals surface area contributed by atoms with Crippen molar-refractivity contribution in [1.82, 2.24) is 9.80 Å². The molecule has 2 fully saturated rings. The Morgan fingerprint density at radius 1 is 0.850 bits per heavy atom. The van der Waals surface area contributed by atoms with Gasteiger partial charge in [0.05, 0.1) is 16.7 Å². The summed E-state index contributed by atoms with van der Waals surface area (Å²) in [7, 11) is 0. The molecule has 5 rings (SSSR count). The van der Waals surface area contributed by atoms with Gasteiger partial charge in [0, 0.05) is 31.3 Å². The zero-order valence-electron chi connectivity index (χ0n) is 22.6. The summed E-state index contributed by atoms with van der Waals surface area (Å²) in [5.41, 5.74) is 0.984. The Morgan fingerprint density at radius 3 is 2.20 bits per heavy atom. The molecule has 1 amide bonds. The standard InChI is InChI=1S/C32H36Cl2N2O4/c33-29-11-10-28(20-30(29)34)40-23-32(38)14-18-36(19-15-32)31(37)26-6-8-27(9-7-26)39-22-25-12-16-35(17-13-25)21-24-4-2-1-3-5-24/h1-11,20,25,38H,12-19,21-23H2. The highest BCUT2D eigenvalue weighted by molar-refractivity contribution is 6.42. The largest absolute Gasteiger partial charge is 0.493 e. The maximum atomic E-state index is 13.1. The number of carbonyl (C=O) groups excluding carboxylic acids is 1. The fourth-order valence-electron chi connectivity index (χ4n) is 5.30. The van der Waals surface area contributed by atoms with Crippen molar-refractivity contribution >= 4 is 29.1 Å². The van der Waals surface area contributed by atoms with E-state index in [1.807, 2.05) is 24.3 Å². The molecule has 0 saturated carbocycles. The third-order valence-corrected chi connectivity index (χ3v) is 8.66. The Labute approximate surface area is 246 Å². The summed E-state index contributed by atoms with van der Waals surface area (Å²) in [4.78, 5) is 17.4. The maximum Gasteiger partial charge on any atom is 0.253 e. The second-order valence-electron chi connectivity index (χ2n) is 10.9. The molecule has 0 atom stereocenters. The molecule has 2 heterocycles. The Bertz CT molecular complexity index is 1260. The van der Waals surface area contributed by atoms with E-state index in [0.717, 1.165) is 38.2 Å². The molecular formula is C32H36Cl2N2O4. The molecule has 2 aliphatic rings. The molecule has 2 saturated heterocycles. The van der Waals surface area contributed by atoms with Crippen LogP contribution in [-0.4, -0.2) is 65.8 Å². The van der Waals surface area contributed by atoms with E-state index >= 15 is 0 Å². The van der Waals surface area contributed by atoms with E-state index in [9.17, 15) is 9.90 Å². The minimum absolute atomic E-state index is 0.0372. The molecule has 0 aliphatic carbocycles. The molecule has 3 aromatic carbocycles. The molecule has 3 aromatic rings. The first-order chi connectivity index (χ1) is 19.4. The summed E-state index contributed by atoms with van der Waals surface area (Å²) in [5.74, 6) is 1.85. The lowest BCUT2D eigenvalue weighted by Gasteiger charge is -2.38. The van der Waals surface area contributed by atoms with Gasteiger partial charge in [-0.2, -0.15) is 0 Å². The highest BCUT2D eigenvalue weighted by atomic mass is 35.5. The summed E-state index contributed by atoms with van der Waals surface area (Å²) in [5, 5.41) is 11.8. The van der Waals surface area contributed by atoms with Crippen molar-refractivity contribution in [3.05, 3.63) is 94.0 Å². The number of hydrogen-bond acceptors (Lipinski definition) is 5. The number of rotatable bonds is 9. The predicted octanol–water partition coefficient (Wildman–Crippen LogP) is 6.33. The Balaban J connectivity index is 1.03. The highest BCUT2D eigenvalue weighted by Gasteiger charge is 2.35. The number of hydrogen-bond donors (Lipinski definition) is 1. The second kappa shape index (κ2) is 13.3. The van der Waals surface area contributed by atoms with Crippen molar-refractivity contribution in [2.24, 2.45) is 5.92 Å². The molecule has 0 unspecified atom stereocenters. The van der Waals surface area contributed by atoms with Gasteiger partial charge in [0.2, 0.25) is 0 Å². The third kappa shape index (κ3) is 7.70. The average Bonchev–Trinajstić information content (AvgIpc) is 2.98. The van der Waals surface area contributed by atoms with Crippen LogP contribution in [0, 0.1) is 5.92 Å². The molecule has 2 aliphatic heterocycles. The smallest absolute Gasteiger partial charge is 0.253 e. The van der Waals surface area contributed by atoms with Gasteiger partial charge in [-0.15, -0.1) is 0 Å². The van der Waals surface area contributed by atoms with Gasteiger partial charge in [-0.1, -0.05) is 53.5 Å². The highest BCUT2D eigenvalue weighted by Crippen LogP contribution is 2.29. The van der Waals surface area contributed by atoms with Gasteiger partial charge in [0.1, 0.15) is 23.7 Å². The Morgan fingerprint density at radius 2 is 1.52 bits per heavy atom. The monoisotopic (exact) mass is 582 g/mol. The number of ether oxygens (including phenoxy) is 2. The van der Waals surface area contributed by atoms with Crippen LogP contribution in [0.3, 0.4) is 0 Å². The number of piperidine rings is 2. The van der Waals surface area contributed by atoms with Crippen molar-refractivity contribution in [3.8, 4) is 11.5 Å². The topological polar surface area (TPSA) is 62.2 Å². The first-order valence-electron chi connectivity index (χ1n) is 14.0. The number of aliphatic hydroxyl groups is 1. The number of carbonyl (C=O) groups is 1. The lowest BCUT2D eigenvalue weighted by atomic mass is 9.92. The van der Waals surface area contributed by atoms with Crippen molar-refractivity contribution in [2.45, 2.75) is 37.8 Å². The number of amides is 1. The van der Waals surface area contributed by atoms with Gasteiger partial charge in [0.25, 0.3) is 5.91 Å². The quantitative estimate of drug-likeness (QED) is 0.319. The molecule has 6 nitrogen and oxygen atoms in total. The van der Waals surface area contributed by atoms with Crippen LogP contribution < -0.4 is 9.47 Å². The molecule has 0 radical (unpaired) electrons. The molecule has 8 heteroatoms. The number of halogens is 2. The second-order valence-corrected chi connectivity index (χ2v) is 11.7. The van der Waals surface area contributed by atoms with Crippen LogP contribution >= 0.6 is 23.2 Å². The van der Waals surface area contributed by atoms with Crippen LogP contribution in [0.5, 0.6) is 11.5 Å². The van der Waals surface area contributed by atoms with Gasteiger partial charge in [0.15, 0.2) is 0 Å². The lowest BCUT2D eigenvalue weighted by Crippen LogP contribution is -2.49. The SMILES string of the molecule is O=C(c1ccc(OCC2CCN(Cc3ccccc3)CC2)cc1)N1CCC(O)(COc2ccc(Cl)c(Cl)c2)CC1. The molecule has 0 aromatic heterocycles. The van der Waals surface area contributed by atoms with Crippen LogP contribution in [0.4, 0.5) is 0 Å². The molecule has 0 spiro atoms. The van der Waals surface area contributed by atoms with Gasteiger partial charge >= 0.3 is 0 Å². The molecule has 1 N–H and O–H groups in total. The number of nitrogens with zero attached hydrogens (tertiary/aromatic N) is 2. The lowest BCUT2D eigenvalue weighted by molar-refractivity contribution is -0.0475. The summed E-state index contributed by atoms with van der Waals surface area (Å²) in [6.07, 6.45) is 3.13. The van der Waals surface area contributed by atoms with Crippen LogP contribution in [0.25, 0.3) is 0 Å². The normalized spacial score (nSPS) is 17.9. The van der Waals surface area contributed by atoms with E-state index in [2.05, 4.69) is 35.2 Å². The Kier molecular flexibility index (Phi) is 9.53. The van der Waals surface area contributed by atoms with Crippen LogP contribution in [-0.2, 0) is 6.54 Å². The Hall–Kier alpha value is -2.77. The summed E-state index contributed by atoms with van der Waals surface area (Å²) in [6, 6.07) is 23.1. The average molecular weight is 584 g/mol. The summed E-state index contributed by atoms with van der Waals surface area (Å²) < 4.78 is 11.8. The summed E-state index contributed by atoms with van der Waals surface area (Å²) >= 11 is 12.0. The van der Waals surface area contributed by atoms with Crippen molar-refractivity contribution in [1.29, 1.82) is 0 Å². The fraction of sp³-hybridized carbons (Fsp3) is 0.406. The zero-order valence-corrected chi connectivity index (χ0v) is 24.1. The van der Waals surface area contributed by atoms with Crippen molar-refractivity contribution in [3.63, 3.8) is 0 Å². The van der Waals surface area contributed by atoms with Crippen LogP contribution in [0.1, 0.15) is 41.6 Å². The number of likely N-dealkylation sites (tertiary alicyclic amines) is 2. The molecular weight excluding hydrogens is 547 g/mol. The van der Waals surface area contributed by atoms with Gasteiger partial charge in [-0.05, 0) is 86.7 Å². The van der Waals surface area contributed by atoms with E-state index in [1.165, 1.54) is 5.56 Å². The molecule has 0 bridgehead atoms. The van der Waals surface area contributed by atoms with E-state index in [-0.39, 0.29) is 12.5 Å². The van der Waals surface area contributed by atoms with Crippen LogP contribution in [0.2, 0.25) is 10.0 Å². The zero-order chi connectivity index (χ0) is 28.0. The fourth-order valence-corrected chi connectivity index (χ4v) is 5.59. The van der Waals surface area contributed by atoms with E-state index in [4.69, 9.17) is 32.7 Å². The predicted molar refractivity (Wildman–Crippen MR) is 158 cm³/mol. The van der Waals surface area contributed by atoms with Crippen molar-refractivity contribution < 1.29 is 19.4 Å². The molecule has 40 heavy (non-hydrogen) atoms. The summed E-state index contributed by atoms with van der Waals surface area (Å²) in [6.45, 7) is 4.92. The third-order valence-electron chi connectivity index (χ3n) is 7.92. The van der Waals surface area contributed by atoms with Gasteiger partial charge in [-0.3, -0.25) is 9.69 Å². The van der Waals surface area contributed by atoms with Crippen molar-refractivity contribution in [2.75, 3.05) is 39.4 Å². The first kappa shape index (κ1) is 28.7.